The third-order valence-electron chi connectivity index (χ3n) is 1.11. The lowest BCUT2D eigenvalue weighted by Crippen LogP contribution is -2.02. The highest BCUT2D eigenvalue weighted by Crippen LogP contribution is 2.29. The molecule has 0 spiro atoms. The molecule has 0 aromatic carbocycles. The fourth-order valence-electron chi connectivity index (χ4n) is 0.486. The summed E-state index contributed by atoms with van der Waals surface area (Å²) < 4.78 is 4.57. The molecule has 0 bridgehead atoms. The smallest absolute Gasteiger partial charge is 0.294 e. The minimum atomic E-state index is 0.0201. The van der Waals surface area contributed by atoms with Crippen LogP contribution in [0.15, 0.2) is 0 Å². The van der Waals surface area contributed by atoms with Gasteiger partial charge in [-0.3, -0.25) is 4.79 Å². The molecule has 3 heteroatoms. The van der Waals surface area contributed by atoms with Crippen LogP contribution in [0.25, 0.3) is 0 Å². The molecule has 0 amide bonds. The van der Waals surface area contributed by atoms with E-state index >= 15 is 0 Å². The first-order chi connectivity index (χ1) is 3.34. The third kappa shape index (κ3) is 1.02. The Labute approximate surface area is 45.4 Å². The van der Waals surface area contributed by atoms with Gasteiger partial charge in [0.1, 0.15) is 0 Å². The maximum Gasteiger partial charge on any atom is 0.294 e. The van der Waals surface area contributed by atoms with Crippen molar-refractivity contribution in [3.63, 3.8) is 0 Å². The van der Waals surface area contributed by atoms with E-state index in [1.807, 2.05) is 0 Å². The molecule has 0 saturated heterocycles. The summed E-state index contributed by atoms with van der Waals surface area (Å²) in [4.78, 5) is 10.4. The molecule has 0 unspecified atom stereocenters. The van der Waals surface area contributed by atoms with Gasteiger partial charge in [0.15, 0.2) is 0 Å². The first kappa shape index (κ1) is 4.84. The molecular formula is C4H8O2Si. The zero-order chi connectivity index (χ0) is 5.28. The highest BCUT2D eigenvalue weighted by Gasteiger charge is 2.29. The van der Waals surface area contributed by atoms with Crippen molar-refractivity contribution in [2.75, 3.05) is 0 Å². The van der Waals surface area contributed by atoms with Gasteiger partial charge in [-0.1, -0.05) is 0 Å². The van der Waals surface area contributed by atoms with Crippen molar-refractivity contribution in [3.05, 3.63) is 0 Å². The maximum absolute atomic E-state index is 10.4. The lowest BCUT2D eigenvalue weighted by Gasteiger charge is -1.90. The standard InChI is InChI=1S/C4H8O2Si/c5-4(6-7)3-1-2-3/h3H,1-2H2,7H3. The summed E-state index contributed by atoms with van der Waals surface area (Å²) in [5.41, 5.74) is 0. The normalized spacial score (nSPS) is 19.4. The molecule has 7 heavy (non-hydrogen) atoms. The average molecular weight is 116 g/mol. The molecule has 1 aliphatic rings. The second-order valence-corrected chi connectivity index (χ2v) is 2.21. The summed E-state index contributed by atoms with van der Waals surface area (Å²) in [5.74, 6) is 0.309. The quantitative estimate of drug-likeness (QED) is 0.420. The number of hydrogen-bond acceptors (Lipinski definition) is 2. The molecular weight excluding hydrogens is 108 g/mol. The van der Waals surface area contributed by atoms with E-state index in [9.17, 15) is 4.79 Å². The van der Waals surface area contributed by atoms with Gasteiger partial charge in [-0.2, -0.15) is 0 Å². The molecule has 0 heterocycles. The molecule has 0 radical (unpaired) electrons. The summed E-state index contributed by atoms with van der Waals surface area (Å²) >= 11 is 0. The predicted octanol–water partition coefficient (Wildman–Crippen LogP) is -0.780. The Morgan fingerprint density at radius 3 is 2.43 bits per heavy atom. The first-order valence-corrected chi connectivity index (χ1v) is 3.24. The van der Waals surface area contributed by atoms with Crippen LogP contribution in [0.2, 0.25) is 0 Å². The Morgan fingerprint density at radius 1 is 1.71 bits per heavy atom. The largest absolute Gasteiger partial charge is 0.529 e. The lowest BCUT2D eigenvalue weighted by atomic mass is 10.5. The zero-order valence-electron chi connectivity index (χ0n) is 4.31. The number of carbonyl (C=O) groups is 1. The summed E-state index contributed by atoms with van der Waals surface area (Å²) in [5, 5.41) is 0. The van der Waals surface area contributed by atoms with Crippen molar-refractivity contribution in [2.24, 2.45) is 5.92 Å². The van der Waals surface area contributed by atoms with Gasteiger partial charge < -0.3 is 4.43 Å². The summed E-state index contributed by atoms with van der Waals surface area (Å²) in [6, 6.07) is 0. The fourth-order valence-corrected chi connectivity index (χ4v) is 0.819. The van der Waals surface area contributed by atoms with E-state index in [0.717, 1.165) is 12.8 Å². The zero-order valence-corrected chi connectivity index (χ0v) is 6.31. The number of rotatable bonds is 1. The van der Waals surface area contributed by atoms with Gasteiger partial charge >= 0.3 is 0 Å². The second kappa shape index (κ2) is 1.66. The van der Waals surface area contributed by atoms with Crippen LogP contribution in [-0.4, -0.2) is 16.5 Å². The van der Waals surface area contributed by atoms with Crippen molar-refractivity contribution in [1.29, 1.82) is 0 Å². The molecule has 0 N–H and O–H groups in total. The Balaban J connectivity index is 2.24. The SMILES string of the molecule is O=C(O[SiH3])C1CC1. The van der Waals surface area contributed by atoms with Crippen molar-refractivity contribution in [3.8, 4) is 0 Å². The number of carbonyl (C=O) groups excluding carboxylic acids is 1. The molecule has 1 rings (SSSR count). The number of hydrogen-bond donors (Lipinski definition) is 0. The highest BCUT2D eigenvalue weighted by atomic mass is 28.2. The molecule has 0 atom stereocenters. The molecule has 2 nitrogen and oxygen atoms in total. The van der Waals surface area contributed by atoms with Crippen LogP contribution in [0, 0.1) is 5.92 Å². The van der Waals surface area contributed by atoms with Gasteiger partial charge in [0.2, 0.25) is 10.5 Å². The van der Waals surface area contributed by atoms with Gasteiger partial charge in [0.05, 0.1) is 5.92 Å². The Bertz CT molecular complexity index is 87.7. The molecule has 0 aliphatic heterocycles. The van der Waals surface area contributed by atoms with Gasteiger partial charge in [-0.15, -0.1) is 0 Å². The molecule has 0 aromatic rings. The first-order valence-electron chi connectivity index (χ1n) is 2.42. The van der Waals surface area contributed by atoms with Crippen LogP contribution in [0.4, 0.5) is 0 Å². The summed E-state index contributed by atoms with van der Waals surface area (Å²) in [6.07, 6.45) is 2.11. The van der Waals surface area contributed by atoms with Gasteiger partial charge in [-0.25, -0.2) is 0 Å². The average Bonchev–Trinajstić information content (AvgIpc) is 2.44. The lowest BCUT2D eigenvalue weighted by molar-refractivity contribution is -0.135. The van der Waals surface area contributed by atoms with E-state index in [4.69, 9.17) is 0 Å². The van der Waals surface area contributed by atoms with Crippen LogP contribution in [0.3, 0.4) is 0 Å². The van der Waals surface area contributed by atoms with Crippen LogP contribution in [-0.2, 0) is 9.22 Å². The Morgan fingerprint density at radius 2 is 2.29 bits per heavy atom. The van der Waals surface area contributed by atoms with Crippen molar-refractivity contribution < 1.29 is 9.22 Å². The van der Waals surface area contributed by atoms with E-state index in [2.05, 4.69) is 4.43 Å². The Kier molecular flexibility index (Phi) is 1.14. The van der Waals surface area contributed by atoms with Crippen molar-refractivity contribution in [1.82, 2.24) is 0 Å². The van der Waals surface area contributed by atoms with Crippen LogP contribution >= 0.6 is 0 Å². The molecule has 40 valence electrons. The van der Waals surface area contributed by atoms with Crippen molar-refractivity contribution in [2.45, 2.75) is 12.8 Å². The second-order valence-electron chi connectivity index (χ2n) is 1.80. The van der Waals surface area contributed by atoms with E-state index in [0.29, 0.717) is 10.5 Å². The maximum atomic E-state index is 10.4. The summed E-state index contributed by atoms with van der Waals surface area (Å²) in [7, 11) is 0.561. The van der Waals surface area contributed by atoms with Crippen LogP contribution in [0.1, 0.15) is 12.8 Å². The van der Waals surface area contributed by atoms with Gasteiger partial charge in [-0.05, 0) is 12.8 Å². The monoisotopic (exact) mass is 116 g/mol. The molecule has 1 saturated carbocycles. The summed E-state index contributed by atoms with van der Waals surface area (Å²) in [6.45, 7) is 0. The van der Waals surface area contributed by atoms with Gasteiger partial charge in [0, 0.05) is 0 Å². The Hall–Kier alpha value is -0.313. The molecule has 0 aromatic heterocycles. The fraction of sp³-hybridized carbons (Fsp3) is 0.750. The predicted molar refractivity (Wildman–Crippen MR) is 28.8 cm³/mol. The molecule has 1 fully saturated rings. The van der Waals surface area contributed by atoms with Crippen LogP contribution in [0.5, 0.6) is 0 Å². The van der Waals surface area contributed by atoms with E-state index < -0.39 is 0 Å². The highest BCUT2D eigenvalue weighted by molar-refractivity contribution is 6.06. The van der Waals surface area contributed by atoms with Gasteiger partial charge in [0.25, 0.3) is 5.97 Å². The minimum Gasteiger partial charge on any atom is -0.529 e. The van der Waals surface area contributed by atoms with Crippen molar-refractivity contribution >= 4 is 16.5 Å². The van der Waals surface area contributed by atoms with E-state index in [1.165, 1.54) is 0 Å². The molecule has 1 aliphatic carbocycles. The van der Waals surface area contributed by atoms with E-state index in [1.54, 1.807) is 0 Å². The van der Waals surface area contributed by atoms with E-state index in [-0.39, 0.29) is 11.9 Å². The van der Waals surface area contributed by atoms with Crippen LogP contribution < -0.4 is 0 Å². The minimum absolute atomic E-state index is 0.0201. The topological polar surface area (TPSA) is 26.3 Å². The third-order valence-corrected chi connectivity index (χ3v) is 1.51.